The van der Waals surface area contributed by atoms with Crippen LogP contribution in [0.3, 0.4) is 0 Å². The molecule has 11 heavy (non-hydrogen) atoms. The Bertz CT molecular complexity index is 147. The molecule has 0 bridgehead atoms. The van der Waals surface area contributed by atoms with Gasteiger partial charge in [-0.3, -0.25) is 9.59 Å². The van der Waals surface area contributed by atoms with Crippen LogP contribution >= 0.6 is 0 Å². The zero-order valence-corrected chi connectivity index (χ0v) is 6.56. The van der Waals surface area contributed by atoms with Crippen LogP contribution in [0.5, 0.6) is 0 Å². The summed E-state index contributed by atoms with van der Waals surface area (Å²) in [6, 6.07) is 0. The first-order chi connectivity index (χ1) is 5.29. The van der Waals surface area contributed by atoms with Crippen molar-refractivity contribution >= 4 is 11.7 Å². The van der Waals surface area contributed by atoms with Gasteiger partial charge in [0.2, 0.25) is 5.91 Å². The summed E-state index contributed by atoms with van der Waals surface area (Å²) in [6.45, 7) is 0.728. The number of rotatable bonds is 0. The second-order valence-corrected chi connectivity index (χ2v) is 2.88. The van der Waals surface area contributed by atoms with E-state index in [1.807, 2.05) is 0 Å². The van der Waals surface area contributed by atoms with Gasteiger partial charge in [0.05, 0.1) is 6.42 Å². The number of hydrogen-bond acceptors (Lipinski definition) is 2. The molecule has 3 nitrogen and oxygen atoms in total. The Morgan fingerprint density at radius 3 is 2.73 bits per heavy atom. The quantitative estimate of drug-likeness (QED) is 0.522. The molecular weight excluding hydrogens is 142 g/mol. The van der Waals surface area contributed by atoms with E-state index in [4.69, 9.17) is 0 Å². The van der Waals surface area contributed by atoms with E-state index in [0.717, 1.165) is 25.8 Å². The highest BCUT2D eigenvalue weighted by molar-refractivity contribution is 5.97. The summed E-state index contributed by atoms with van der Waals surface area (Å²) in [5.41, 5.74) is 0. The maximum absolute atomic E-state index is 10.9. The predicted octanol–water partition coefficient (Wildman–Crippen LogP) is 0.636. The molecule has 1 N–H and O–H groups in total. The Hall–Kier alpha value is -0.860. The van der Waals surface area contributed by atoms with Crippen molar-refractivity contribution in [1.29, 1.82) is 0 Å². The van der Waals surface area contributed by atoms with Crippen LogP contribution in [0.1, 0.15) is 32.1 Å². The SMILES string of the molecule is O=C1CCCCCNC(=O)C1. The highest BCUT2D eigenvalue weighted by Crippen LogP contribution is 2.04. The largest absolute Gasteiger partial charge is 0.356 e. The minimum absolute atomic E-state index is 0.0735. The topological polar surface area (TPSA) is 46.2 Å². The number of Topliss-reactive ketones (excluding diaryl/α,β-unsaturated/α-hetero) is 1. The summed E-state index contributed by atoms with van der Waals surface area (Å²) >= 11 is 0. The Morgan fingerprint density at radius 1 is 1.09 bits per heavy atom. The molecule has 0 aromatic carbocycles. The number of nitrogens with one attached hydrogen (secondary N) is 1. The summed E-state index contributed by atoms with van der Waals surface area (Å²) in [6.07, 6.45) is 3.65. The van der Waals surface area contributed by atoms with Gasteiger partial charge in [-0.25, -0.2) is 0 Å². The van der Waals surface area contributed by atoms with E-state index in [0.29, 0.717) is 6.42 Å². The van der Waals surface area contributed by atoms with E-state index in [1.165, 1.54) is 0 Å². The molecule has 0 unspecified atom stereocenters. The van der Waals surface area contributed by atoms with E-state index < -0.39 is 0 Å². The van der Waals surface area contributed by atoms with Crippen LogP contribution in [0.25, 0.3) is 0 Å². The molecule has 3 heteroatoms. The van der Waals surface area contributed by atoms with Crippen LogP contribution in [-0.4, -0.2) is 18.2 Å². The fraction of sp³-hybridized carbons (Fsp3) is 0.750. The van der Waals surface area contributed by atoms with Crippen LogP contribution in [0.4, 0.5) is 0 Å². The van der Waals surface area contributed by atoms with Gasteiger partial charge in [0.1, 0.15) is 5.78 Å². The van der Waals surface area contributed by atoms with Crippen LogP contribution in [-0.2, 0) is 9.59 Å². The summed E-state index contributed by atoms with van der Waals surface area (Å²) in [7, 11) is 0. The molecule has 0 atom stereocenters. The molecule has 0 spiro atoms. The van der Waals surface area contributed by atoms with Crippen LogP contribution in [0.15, 0.2) is 0 Å². The predicted molar refractivity (Wildman–Crippen MR) is 41.1 cm³/mol. The molecule has 0 aromatic rings. The lowest BCUT2D eigenvalue weighted by atomic mass is 10.1. The van der Waals surface area contributed by atoms with Gasteiger partial charge in [-0.1, -0.05) is 6.42 Å². The molecule has 1 aliphatic rings. The Morgan fingerprint density at radius 2 is 1.91 bits per heavy atom. The fourth-order valence-corrected chi connectivity index (χ4v) is 1.18. The number of hydrogen-bond donors (Lipinski definition) is 1. The summed E-state index contributed by atoms with van der Waals surface area (Å²) in [5, 5.41) is 2.70. The molecule has 1 saturated heterocycles. The van der Waals surface area contributed by atoms with Crippen LogP contribution in [0.2, 0.25) is 0 Å². The van der Waals surface area contributed by atoms with Crippen molar-refractivity contribution in [2.75, 3.05) is 6.54 Å². The maximum Gasteiger partial charge on any atom is 0.227 e. The minimum atomic E-state index is -0.114. The van der Waals surface area contributed by atoms with E-state index in [2.05, 4.69) is 5.32 Å². The van der Waals surface area contributed by atoms with Gasteiger partial charge in [0, 0.05) is 13.0 Å². The number of ketones is 1. The smallest absolute Gasteiger partial charge is 0.227 e. The van der Waals surface area contributed by atoms with Crippen molar-refractivity contribution in [1.82, 2.24) is 5.32 Å². The minimum Gasteiger partial charge on any atom is -0.356 e. The second kappa shape index (κ2) is 4.11. The van der Waals surface area contributed by atoms with E-state index in [-0.39, 0.29) is 18.1 Å². The lowest BCUT2D eigenvalue weighted by Gasteiger charge is -1.98. The van der Waals surface area contributed by atoms with Crippen LogP contribution < -0.4 is 5.32 Å². The van der Waals surface area contributed by atoms with Crippen molar-refractivity contribution < 1.29 is 9.59 Å². The van der Waals surface area contributed by atoms with E-state index in [1.54, 1.807) is 0 Å². The first kappa shape index (κ1) is 8.24. The lowest BCUT2D eigenvalue weighted by Crippen LogP contribution is -2.25. The van der Waals surface area contributed by atoms with E-state index >= 15 is 0 Å². The Kier molecular flexibility index (Phi) is 3.08. The molecule has 62 valence electrons. The number of carbonyl (C=O) groups excluding carboxylic acids is 2. The first-order valence-electron chi connectivity index (χ1n) is 4.07. The second-order valence-electron chi connectivity index (χ2n) is 2.88. The molecule has 0 aromatic heterocycles. The molecule has 0 radical (unpaired) electrons. The van der Waals surface area contributed by atoms with Gasteiger partial charge in [0.15, 0.2) is 0 Å². The van der Waals surface area contributed by atoms with Crippen molar-refractivity contribution in [3.63, 3.8) is 0 Å². The highest BCUT2D eigenvalue weighted by Gasteiger charge is 2.10. The fourth-order valence-electron chi connectivity index (χ4n) is 1.18. The normalized spacial score (nSPS) is 21.5. The molecule has 0 aliphatic carbocycles. The van der Waals surface area contributed by atoms with Crippen molar-refractivity contribution in [2.24, 2.45) is 0 Å². The number of carbonyl (C=O) groups is 2. The third-order valence-electron chi connectivity index (χ3n) is 1.81. The Labute approximate surface area is 66.2 Å². The van der Waals surface area contributed by atoms with Crippen molar-refractivity contribution in [3.05, 3.63) is 0 Å². The zero-order valence-electron chi connectivity index (χ0n) is 6.56. The summed E-state index contributed by atoms with van der Waals surface area (Å²) in [4.78, 5) is 21.8. The first-order valence-corrected chi connectivity index (χ1v) is 4.07. The van der Waals surface area contributed by atoms with Crippen molar-refractivity contribution in [2.45, 2.75) is 32.1 Å². The standard InChI is InChI=1S/C8H13NO2/c10-7-4-2-1-3-5-9-8(11)6-7/h1-6H2,(H,9,11). The molecule has 0 saturated carbocycles. The average Bonchev–Trinajstić information content (AvgIpc) is 2.02. The average molecular weight is 155 g/mol. The van der Waals surface area contributed by atoms with Gasteiger partial charge < -0.3 is 5.32 Å². The maximum atomic E-state index is 10.9. The van der Waals surface area contributed by atoms with E-state index in [9.17, 15) is 9.59 Å². The molecule has 1 amide bonds. The molecule has 1 rings (SSSR count). The molecule has 1 fully saturated rings. The molecule has 1 heterocycles. The van der Waals surface area contributed by atoms with Crippen molar-refractivity contribution in [3.8, 4) is 0 Å². The zero-order chi connectivity index (χ0) is 8.10. The lowest BCUT2D eigenvalue weighted by molar-refractivity contribution is -0.127. The van der Waals surface area contributed by atoms with Crippen LogP contribution in [0, 0.1) is 0 Å². The highest BCUT2D eigenvalue weighted by atomic mass is 16.2. The van der Waals surface area contributed by atoms with Gasteiger partial charge >= 0.3 is 0 Å². The van der Waals surface area contributed by atoms with Gasteiger partial charge in [-0.15, -0.1) is 0 Å². The number of amides is 1. The monoisotopic (exact) mass is 155 g/mol. The third kappa shape index (κ3) is 3.16. The summed E-state index contributed by atoms with van der Waals surface area (Å²) in [5.74, 6) is -0.0405. The van der Waals surface area contributed by atoms with Gasteiger partial charge in [0.25, 0.3) is 0 Å². The Balaban J connectivity index is 2.39. The van der Waals surface area contributed by atoms with Gasteiger partial charge in [-0.2, -0.15) is 0 Å². The van der Waals surface area contributed by atoms with Gasteiger partial charge in [-0.05, 0) is 12.8 Å². The summed E-state index contributed by atoms with van der Waals surface area (Å²) < 4.78 is 0. The molecule has 1 aliphatic heterocycles. The molecular formula is C8H13NO2. The third-order valence-corrected chi connectivity index (χ3v) is 1.81.